The summed E-state index contributed by atoms with van der Waals surface area (Å²) in [7, 11) is 1.61. The summed E-state index contributed by atoms with van der Waals surface area (Å²) in [5, 5.41) is 2.68. The fraction of sp³-hybridized carbons (Fsp3) is 0.100. The first-order chi connectivity index (χ1) is 7.26. The number of ether oxygens (including phenoxy) is 1. The van der Waals surface area contributed by atoms with Crippen LogP contribution >= 0.6 is 11.3 Å². The number of rotatable bonds is 2. The van der Waals surface area contributed by atoms with Gasteiger partial charge in [-0.1, -0.05) is 0 Å². The topological polar surface area (TPSA) is 64.3 Å². The Hall–Kier alpha value is -1.59. The van der Waals surface area contributed by atoms with E-state index < -0.39 is 0 Å². The highest BCUT2D eigenvalue weighted by atomic mass is 32.1. The molecular weight excluding hydrogens is 212 g/mol. The molecule has 2 rings (SSSR count). The van der Waals surface area contributed by atoms with Crippen LogP contribution in [-0.4, -0.2) is 13.0 Å². The molecule has 0 radical (unpaired) electrons. The van der Waals surface area contributed by atoms with Crippen LogP contribution in [0.1, 0.15) is 10.4 Å². The second-order valence-electron chi connectivity index (χ2n) is 2.98. The van der Waals surface area contributed by atoms with Crippen LogP contribution in [0.4, 0.5) is 0 Å². The lowest BCUT2D eigenvalue weighted by Gasteiger charge is -2.00. The van der Waals surface area contributed by atoms with Gasteiger partial charge in [0.25, 0.3) is 5.91 Å². The van der Waals surface area contributed by atoms with E-state index in [1.54, 1.807) is 12.5 Å². The van der Waals surface area contributed by atoms with Gasteiger partial charge in [-0.15, -0.1) is 11.3 Å². The molecule has 0 spiro atoms. The molecule has 0 fully saturated rings. The molecule has 0 saturated heterocycles. The summed E-state index contributed by atoms with van der Waals surface area (Å²) in [5.74, 6) is 5.60. The second-order valence-corrected chi connectivity index (χ2v) is 3.90. The summed E-state index contributed by atoms with van der Waals surface area (Å²) in [6.45, 7) is 0. The van der Waals surface area contributed by atoms with E-state index in [0.29, 0.717) is 5.56 Å². The number of hydrogen-bond acceptors (Lipinski definition) is 4. The van der Waals surface area contributed by atoms with Crippen molar-refractivity contribution in [3.63, 3.8) is 0 Å². The highest BCUT2D eigenvalue weighted by molar-refractivity contribution is 7.17. The number of carbonyl (C=O) groups excluding carboxylic acids is 1. The largest absolute Gasteiger partial charge is 0.497 e. The minimum absolute atomic E-state index is 0.272. The Kier molecular flexibility index (Phi) is 2.57. The number of carbonyl (C=O) groups is 1. The first kappa shape index (κ1) is 9.95. The quantitative estimate of drug-likeness (QED) is 0.460. The minimum Gasteiger partial charge on any atom is -0.497 e. The lowest BCUT2D eigenvalue weighted by atomic mass is 10.1. The maximum atomic E-state index is 11.4. The zero-order chi connectivity index (χ0) is 10.8. The van der Waals surface area contributed by atoms with E-state index in [4.69, 9.17) is 10.6 Å². The number of methoxy groups -OCH3 is 1. The Morgan fingerprint density at radius 2 is 2.33 bits per heavy atom. The first-order valence-electron chi connectivity index (χ1n) is 4.32. The van der Waals surface area contributed by atoms with E-state index in [1.165, 1.54) is 11.3 Å². The van der Waals surface area contributed by atoms with Crippen LogP contribution in [0.15, 0.2) is 23.6 Å². The van der Waals surface area contributed by atoms with Gasteiger partial charge in [-0.3, -0.25) is 10.2 Å². The van der Waals surface area contributed by atoms with Gasteiger partial charge < -0.3 is 4.74 Å². The Balaban J connectivity index is 2.57. The fourth-order valence-corrected chi connectivity index (χ4v) is 2.36. The van der Waals surface area contributed by atoms with Crippen molar-refractivity contribution in [3.05, 3.63) is 29.1 Å². The van der Waals surface area contributed by atoms with Crippen molar-refractivity contribution in [2.45, 2.75) is 0 Å². The molecule has 3 N–H and O–H groups in total. The van der Waals surface area contributed by atoms with Crippen LogP contribution < -0.4 is 16.0 Å². The number of hydrazine groups is 1. The molecule has 2 aromatic rings. The fourth-order valence-electron chi connectivity index (χ4n) is 1.39. The van der Waals surface area contributed by atoms with Crippen molar-refractivity contribution >= 4 is 27.3 Å². The molecule has 5 heteroatoms. The average Bonchev–Trinajstić information content (AvgIpc) is 2.70. The van der Waals surface area contributed by atoms with Crippen LogP contribution in [0, 0.1) is 0 Å². The third-order valence-corrected chi connectivity index (χ3v) is 3.10. The molecule has 1 aromatic carbocycles. The van der Waals surface area contributed by atoms with Gasteiger partial charge in [-0.05, 0) is 18.2 Å². The van der Waals surface area contributed by atoms with Crippen molar-refractivity contribution in [2.75, 3.05) is 7.11 Å². The number of hydrogen-bond donors (Lipinski definition) is 2. The van der Waals surface area contributed by atoms with Crippen molar-refractivity contribution in [3.8, 4) is 5.75 Å². The summed E-state index contributed by atoms with van der Waals surface area (Å²) in [4.78, 5) is 11.4. The third-order valence-electron chi connectivity index (χ3n) is 2.16. The molecule has 1 aromatic heterocycles. The number of amides is 1. The zero-order valence-electron chi connectivity index (χ0n) is 8.11. The number of nitrogens with two attached hydrogens (primary N) is 1. The highest BCUT2D eigenvalue weighted by Gasteiger charge is 2.10. The van der Waals surface area contributed by atoms with Crippen molar-refractivity contribution in [1.29, 1.82) is 0 Å². The van der Waals surface area contributed by atoms with E-state index in [9.17, 15) is 4.79 Å². The maximum absolute atomic E-state index is 11.4. The van der Waals surface area contributed by atoms with Gasteiger partial charge in [0, 0.05) is 15.5 Å². The van der Waals surface area contributed by atoms with Gasteiger partial charge in [0.05, 0.1) is 12.7 Å². The van der Waals surface area contributed by atoms with E-state index in [1.807, 2.05) is 18.2 Å². The molecule has 15 heavy (non-hydrogen) atoms. The lowest BCUT2D eigenvalue weighted by molar-refractivity contribution is 0.0955. The molecular formula is C10H10N2O2S. The van der Waals surface area contributed by atoms with E-state index in [2.05, 4.69) is 5.43 Å². The second kappa shape index (κ2) is 3.88. The smallest absolute Gasteiger partial charge is 0.266 e. The van der Waals surface area contributed by atoms with Crippen LogP contribution in [0.5, 0.6) is 5.75 Å². The Labute approximate surface area is 90.6 Å². The van der Waals surface area contributed by atoms with E-state index in [-0.39, 0.29) is 5.91 Å². The molecule has 0 bridgehead atoms. The standard InChI is InChI=1S/C10H10N2O2S/c1-14-6-2-3-7-8(10(13)12-11)5-15-9(7)4-6/h2-5H,11H2,1H3,(H,12,13). The average molecular weight is 222 g/mol. The molecule has 78 valence electrons. The van der Waals surface area contributed by atoms with Crippen molar-refractivity contribution < 1.29 is 9.53 Å². The van der Waals surface area contributed by atoms with Crippen LogP contribution in [0.25, 0.3) is 10.1 Å². The van der Waals surface area contributed by atoms with Crippen LogP contribution in [0.2, 0.25) is 0 Å². The van der Waals surface area contributed by atoms with Crippen molar-refractivity contribution in [2.24, 2.45) is 5.84 Å². The predicted molar refractivity (Wildman–Crippen MR) is 60.0 cm³/mol. The Morgan fingerprint density at radius 3 is 3.00 bits per heavy atom. The summed E-state index contributed by atoms with van der Waals surface area (Å²) in [6.07, 6.45) is 0. The number of benzene rings is 1. The normalized spacial score (nSPS) is 10.3. The van der Waals surface area contributed by atoms with Crippen LogP contribution in [0.3, 0.4) is 0 Å². The lowest BCUT2D eigenvalue weighted by Crippen LogP contribution is -2.29. The molecule has 0 aliphatic rings. The summed E-state index contributed by atoms with van der Waals surface area (Å²) in [5.41, 5.74) is 2.72. The number of thiophene rings is 1. The third kappa shape index (κ3) is 1.67. The monoisotopic (exact) mass is 222 g/mol. The van der Waals surface area contributed by atoms with Gasteiger partial charge in [0.15, 0.2) is 0 Å². The molecule has 1 amide bonds. The first-order valence-corrected chi connectivity index (χ1v) is 5.20. The van der Waals surface area contributed by atoms with Crippen molar-refractivity contribution in [1.82, 2.24) is 5.43 Å². The Bertz CT molecular complexity index is 507. The van der Waals surface area contributed by atoms with E-state index in [0.717, 1.165) is 15.8 Å². The molecule has 0 atom stereocenters. The van der Waals surface area contributed by atoms with Gasteiger partial charge in [-0.2, -0.15) is 0 Å². The maximum Gasteiger partial charge on any atom is 0.266 e. The molecule has 0 unspecified atom stereocenters. The molecule has 1 heterocycles. The highest BCUT2D eigenvalue weighted by Crippen LogP contribution is 2.29. The SMILES string of the molecule is COc1ccc2c(C(=O)NN)csc2c1. The molecule has 0 aliphatic carbocycles. The molecule has 0 aliphatic heterocycles. The number of nitrogens with one attached hydrogen (secondary N) is 1. The number of nitrogen functional groups attached to an aromatic ring is 1. The summed E-state index contributed by atoms with van der Waals surface area (Å²) < 4.78 is 6.11. The van der Waals surface area contributed by atoms with E-state index >= 15 is 0 Å². The molecule has 4 nitrogen and oxygen atoms in total. The van der Waals surface area contributed by atoms with Gasteiger partial charge in [-0.25, -0.2) is 5.84 Å². The molecule has 0 saturated carbocycles. The summed E-state index contributed by atoms with van der Waals surface area (Å²) in [6, 6.07) is 5.57. The van der Waals surface area contributed by atoms with Crippen LogP contribution in [-0.2, 0) is 0 Å². The van der Waals surface area contributed by atoms with Gasteiger partial charge in [0.1, 0.15) is 5.75 Å². The van der Waals surface area contributed by atoms with Gasteiger partial charge in [0.2, 0.25) is 0 Å². The summed E-state index contributed by atoms with van der Waals surface area (Å²) >= 11 is 1.49. The zero-order valence-corrected chi connectivity index (χ0v) is 8.93. The number of fused-ring (bicyclic) bond motifs is 1. The predicted octanol–water partition coefficient (Wildman–Crippen LogP) is 1.51. The Morgan fingerprint density at radius 1 is 1.53 bits per heavy atom. The van der Waals surface area contributed by atoms with Gasteiger partial charge >= 0.3 is 0 Å². The minimum atomic E-state index is -0.272.